The Balaban J connectivity index is 2.58. The maximum atomic E-state index is 12.8. The van der Waals surface area contributed by atoms with Crippen molar-refractivity contribution >= 4 is 5.96 Å². The van der Waals surface area contributed by atoms with Gasteiger partial charge in [0.2, 0.25) is 5.96 Å². The first-order valence-corrected chi connectivity index (χ1v) is 4.65. The molecule has 0 saturated carbocycles. The molecule has 0 spiro atoms. The highest BCUT2D eigenvalue weighted by atomic mass is 19.1. The molecule has 1 aromatic rings. The Morgan fingerprint density at radius 1 is 1.53 bits per heavy atom. The van der Waals surface area contributed by atoms with Crippen molar-refractivity contribution in [1.82, 2.24) is 5.43 Å². The molecule has 0 atom stereocenters. The lowest BCUT2D eigenvalue weighted by Crippen LogP contribution is -2.37. The van der Waals surface area contributed by atoms with Crippen LogP contribution in [-0.4, -0.2) is 12.5 Å². The number of nitrogens with two attached hydrogens (primary N) is 2. The number of aryl methyl sites for hydroxylation is 1. The predicted octanol–water partition coefficient (Wildman–Crippen LogP) is 0.455. The topological polar surface area (TPSA) is 76.4 Å². The fourth-order valence-corrected chi connectivity index (χ4v) is 1.28. The van der Waals surface area contributed by atoms with Gasteiger partial charge in [-0.2, -0.15) is 0 Å². The summed E-state index contributed by atoms with van der Waals surface area (Å²) in [5.41, 5.74) is 9.58. The second kappa shape index (κ2) is 5.31. The molecule has 0 aliphatic rings. The molecule has 1 rings (SSSR count). The number of nitrogens with zero attached hydrogens (tertiary/aromatic N) is 1. The zero-order valence-electron chi connectivity index (χ0n) is 8.63. The molecule has 0 aromatic heterocycles. The first-order valence-electron chi connectivity index (χ1n) is 4.65. The van der Waals surface area contributed by atoms with Gasteiger partial charge < -0.3 is 5.73 Å². The highest BCUT2D eigenvalue weighted by Crippen LogP contribution is 2.10. The van der Waals surface area contributed by atoms with E-state index in [4.69, 9.17) is 11.6 Å². The van der Waals surface area contributed by atoms with Gasteiger partial charge >= 0.3 is 0 Å². The third kappa shape index (κ3) is 3.55. The van der Waals surface area contributed by atoms with E-state index in [0.717, 1.165) is 11.1 Å². The van der Waals surface area contributed by atoms with Crippen LogP contribution in [0, 0.1) is 12.7 Å². The molecule has 82 valence electrons. The van der Waals surface area contributed by atoms with Crippen molar-refractivity contribution in [1.29, 1.82) is 0 Å². The van der Waals surface area contributed by atoms with Gasteiger partial charge in [0.15, 0.2) is 0 Å². The van der Waals surface area contributed by atoms with E-state index in [2.05, 4.69) is 10.4 Å². The summed E-state index contributed by atoms with van der Waals surface area (Å²) in [6.07, 6.45) is 0.717. The van der Waals surface area contributed by atoms with Crippen LogP contribution in [0.25, 0.3) is 0 Å². The Bertz CT molecular complexity index is 362. The number of benzene rings is 1. The number of hydrogen-bond acceptors (Lipinski definition) is 2. The van der Waals surface area contributed by atoms with Crippen LogP contribution in [0.4, 0.5) is 4.39 Å². The number of hydrogen-bond donors (Lipinski definition) is 3. The summed E-state index contributed by atoms with van der Waals surface area (Å²) in [6, 6.07) is 4.70. The fourth-order valence-electron chi connectivity index (χ4n) is 1.28. The van der Waals surface area contributed by atoms with Crippen molar-refractivity contribution in [2.24, 2.45) is 16.6 Å². The first kappa shape index (κ1) is 11.5. The average molecular weight is 210 g/mol. The Morgan fingerprint density at radius 3 is 2.87 bits per heavy atom. The summed E-state index contributed by atoms with van der Waals surface area (Å²) in [4.78, 5) is 3.97. The number of halogens is 1. The summed E-state index contributed by atoms with van der Waals surface area (Å²) in [6.45, 7) is 2.40. The van der Waals surface area contributed by atoms with Crippen LogP contribution in [0.15, 0.2) is 23.2 Å². The normalized spacial score (nSPS) is 11.5. The van der Waals surface area contributed by atoms with E-state index in [9.17, 15) is 4.39 Å². The largest absolute Gasteiger partial charge is 0.369 e. The number of aliphatic imine (C=N–C) groups is 1. The average Bonchev–Trinajstić information content (AvgIpc) is 2.21. The molecule has 0 heterocycles. The van der Waals surface area contributed by atoms with Crippen LogP contribution in [0.1, 0.15) is 11.1 Å². The van der Waals surface area contributed by atoms with Crippen molar-refractivity contribution < 1.29 is 4.39 Å². The van der Waals surface area contributed by atoms with Gasteiger partial charge in [-0.05, 0) is 36.6 Å². The van der Waals surface area contributed by atoms with Crippen molar-refractivity contribution in [3.63, 3.8) is 0 Å². The smallest absolute Gasteiger partial charge is 0.203 e. The van der Waals surface area contributed by atoms with Gasteiger partial charge in [-0.1, -0.05) is 6.07 Å². The molecule has 0 radical (unpaired) electrons. The molecule has 5 N–H and O–H groups in total. The van der Waals surface area contributed by atoms with Gasteiger partial charge in [-0.25, -0.2) is 10.2 Å². The second-order valence-electron chi connectivity index (χ2n) is 3.23. The van der Waals surface area contributed by atoms with Gasteiger partial charge in [-0.3, -0.25) is 10.4 Å². The van der Waals surface area contributed by atoms with Crippen molar-refractivity contribution in [2.75, 3.05) is 6.54 Å². The zero-order valence-corrected chi connectivity index (χ0v) is 8.63. The van der Waals surface area contributed by atoms with Gasteiger partial charge in [0.1, 0.15) is 5.82 Å². The third-order valence-electron chi connectivity index (χ3n) is 2.12. The third-order valence-corrected chi connectivity index (χ3v) is 2.12. The minimum atomic E-state index is -0.220. The zero-order chi connectivity index (χ0) is 11.3. The number of rotatable bonds is 3. The number of hydrazine groups is 1. The summed E-state index contributed by atoms with van der Waals surface area (Å²) < 4.78 is 12.8. The lowest BCUT2D eigenvalue weighted by atomic mass is 10.1. The number of nitrogens with one attached hydrogen (secondary N) is 1. The second-order valence-corrected chi connectivity index (χ2v) is 3.23. The Labute approximate surface area is 88.2 Å². The quantitative estimate of drug-likeness (QED) is 0.293. The van der Waals surface area contributed by atoms with Crippen molar-refractivity contribution in [2.45, 2.75) is 13.3 Å². The Hall–Kier alpha value is -1.62. The van der Waals surface area contributed by atoms with E-state index in [1.165, 1.54) is 12.1 Å². The number of guanidine groups is 1. The van der Waals surface area contributed by atoms with E-state index >= 15 is 0 Å². The lowest BCUT2D eigenvalue weighted by molar-refractivity contribution is 0.625. The highest BCUT2D eigenvalue weighted by molar-refractivity contribution is 5.77. The van der Waals surface area contributed by atoms with Crippen LogP contribution < -0.4 is 17.0 Å². The van der Waals surface area contributed by atoms with Crippen LogP contribution in [0.3, 0.4) is 0 Å². The molecule has 5 heteroatoms. The Morgan fingerprint density at radius 2 is 2.27 bits per heavy atom. The molecule has 4 nitrogen and oxygen atoms in total. The minimum Gasteiger partial charge on any atom is -0.369 e. The van der Waals surface area contributed by atoms with Gasteiger partial charge in [0.25, 0.3) is 0 Å². The first-order chi connectivity index (χ1) is 7.13. The minimum absolute atomic E-state index is 0.203. The summed E-state index contributed by atoms with van der Waals surface area (Å²) in [7, 11) is 0. The molecule has 0 fully saturated rings. The SMILES string of the molecule is Cc1cc(F)ccc1CCN=C(N)NN. The van der Waals surface area contributed by atoms with Crippen LogP contribution in [0.2, 0.25) is 0 Å². The van der Waals surface area contributed by atoms with E-state index in [1.807, 2.05) is 6.92 Å². The maximum absolute atomic E-state index is 12.8. The molecule has 0 aliphatic carbocycles. The molecule has 0 bridgehead atoms. The summed E-state index contributed by atoms with van der Waals surface area (Å²) in [5, 5.41) is 0. The molecule has 1 aromatic carbocycles. The summed E-state index contributed by atoms with van der Waals surface area (Å²) in [5.74, 6) is 5.03. The van der Waals surface area contributed by atoms with Gasteiger partial charge in [-0.15, -0.1) is 0 Å². The van der Waals surface area contributed by atoms with Crippen LogP contribution in [0.5, 0.6) is 0 Å². The molecule has 0 aliphatic heterocycles. The monoisotopic (exact) mass is 210 g/mol. The van der Waals surface area contributed by atoms with Crippen LogP contribution >= 0.6 is 0 Å². The molecular weight excluding hydrogens is 195 g/mol. The lowest BCUT2D eigenvalue weighted by Gasteiger charge is -2.04. The van der Waals surface area contributed by atoms with E-state index < -0.39 is 0 Å². The Kier molecular flexibility index (Phi) is 4.05. The van der Waals surface area contributed by atoms with Gasteiger partial charge in [0.05, 0.1) is 0 Å². The highest BCUT2D eigenvalue weighted by Gasteiger charge is 1.99. The van der Waals surface area contributed by atoms with Crippen LogP contribution in [-0.2, 0) is 6.42 Å². The van der Waals surface area contributed by atoms with E-state index in [-0.39, 0.29) is 11.8 Å². The predicted molar refractivity (Wildman–Crippen MR) is 58.7 cm³/mol. The standard InChI is InChI=1S/C10H15FN4/c1-7-6-9(11)3-2-8(7)4-5-14-10(12)15-13/h2-3,6H,4-5,13H2,1H3,(H3,12,14,15). The van der Waals surface area contributed by atoms with E-state index in [0.29, 0.717) is 13.0 Å². The molecule has 0 amide bonds. The molecule has 0 unspecified atom stereocenters. The fraction of sp³-hybridized carbons (Fsp3) is 0.300. The summed E-state index contributed by atoms with van der Waals surface area (Å²) >= 11 is 0. The van der Waals surface area contributed by atoms with Gasteiger partial charge in [0, 0.05) is 6.54 Å². The molecular formula is C10H15FN4. The van der Waals surface area contributed by atoms with E-state index in [1.54, 1.807) is 6.07 Å². The maximum Gasteiger partial charge on any atom is 0.203 e. The van der Waals surface area contributed by atoms with Crippen molar-refractivity contribution in [3.05, 3.63) is 35.1 Å². The molecule has 15 heavy (non-hydrogen) atoms. The van der Waals surface area contributed by atoms with Crippen molar-refractivity contribution in [3.8, 4) is 0 Å². The molecule has 0 saturated heterocycles.